The van der Waals surface area contributed by atoms with Gasteiger partial charge in [0, 0.05) is 32.4 Å². The molecule has 2 heterocycles. The zero-order valence-electron chi connectivity index (χ0n) is 11.7. The van der Waals surface area contributed by atoms with E-state index in [1.807, 2.05) is 0 Å². The van der Waals surface area contributed by atoms with Crippen LogP contribution in [0, 0.1) is 5.92 Å². The Labute approximate surface area is 137 Å². The molecule has 0 radical (unpaired) electrons. The van der Waals surface area contributed by atoms with Crippen LogP contribution in [0.3, 0.4) is 0 Å². The van der Waals surface area contributed by atoms with Gasteiger partial charge < -0.3 is 20.6 Å². The van der Waals surface area contributed by atoms with E-state index in [2.05, 4.69) is 15.6 Å². The average Bonchev–Trinajstić information content (AvgIpc) is 2.95. The molecule has 0 aromatic carbocycles. The normalized spacial score (nSPS) is 17.4. The number of aliphatic carboxylic acids is 1. The van der Waals surface area contributed by atoms with Crippen LogP contribution in [0.1, 0.15) is 6.42 Å². The van der Waals surface area contributed by atoms with Crippen molar-refractivity contribution in [2.24, 2.45) is 5.92 Å². The number of rotatable bonds is 5. The SMILES string of the molecule is O=C(O)C1CCN(C(=O)NCCNc2ncc(Cl)cc2Cl)C1. The van der Waals surface area contributed by atoms with Gasteiger partial charge in [0.1, 0.15) is 5.82 Å². The average molecular weight is 347 g/mol. The Balaban J connectivity index is 1.70. The van der Waals surface area contributed by atoms with Gasteiger partial charge in [-0.2, -0.15) is 0 Å². The molecule has 1 aromatic rings. The Morgan fingerprint density at radius 1 is 1.41 bits per heavy atom. The summed E-state index contributed by atoms with van der Waals surface area (Å²) >= 11 is 11.7. The van der Waals surface area contributed by atoms with Crippen molar-refractivity contribution in [3.63, 3.8) is 0 Å². The van der Waals surface area contributed by atoms with Crippen LogP contribution in [0.5, 0.6) is 0 Å². The number of nitrogens with zero attached hydrogens (tertiary/aromatic N) is 2. The Kier molecular flexibility index (Phi) is 5.68. The first-order valence-corrected chi connectivity index (χ1v) is 7.53. The van der Waals surface area contributed by atoms with Crippen LogP contribution in [0.15, 0.2) is 12.3 Å². The summed E-state index contributed by atoms with van der Waals surface area (Å²) in [6.45, 7) is 1.52. The summed E-state index contributed by atoms with van der Waals surface area (Å²) < 4.78 is 0. The summed E-state index contributed by atoms with van der Waals surface area (Å²) in [4.78, 5) is 28.3. The number of carboxylic acids is 1. The summed E-state index contributed by atoms with van der Waals surface area (Å²) in [7, 11) is 0. The largest absolute Gasteiger partial charge is 0.481 e. The molecular weight excluding hydrogens is 331 g/mol. The van der Waals surface area contributed by atoms with Crippen LogP contribution >= 0.6 is 23.2 Å². The van der Waals surface area contributed by atoms with Crippen molar-refractivity contribution in [1.29, 1.82) is 0 Å². The van der Waals surface area contributed by atoms with E-state index in [1.54, 1.807) is 6.07 Å². The Morgan fingerprint density at radius 2 is 2.18 bits per heavy atom. The molecule has 2 rings (SSSR count). The van der Waals surface area contributed by atoms with Crippen molar-refractivity contribution >= 4 is 41.0 Å². The third-order valence-corrected chi connectivity index (χ3v) is 3.82. The molecule has 22 heavy (non-hydrogen) atoms. The molecule has 0 saturated carbocycles. The molecular formula is C13H16Cl2N4O3. The van der Waals surface area contributed by atoms with Gasteiger partial charge in [-0.3, -0.25) is 4.79 Å². The topological polar surface area (TPSA) is 94.6 Å². The monoisotopic (exact) mass is 346 g/mol. The number of carbonyl (C=O) groups is 2. The van der Waals surface area contributed by atoms with E-state index >= 15 is 0 Å². The second kappa shape index (κ2) is 7.51. The molecule has 0 bridgehead atoms. The van der Waals surface area contributed by atoms with Gasteiger partial charge in [-0.25, -0.2) is 9.78 Å². The zero-order valence-corrected chi connectivity index (χ0v) is 13.2. The standard InChI is InChI=1S/C13H16Cl2N4O3/c14-9-5-10(15)11(18-6-9)16-2-3-17-13(22)19-4-1-8(7-19)12(20)21/h5-6,8H,1-4,7H2,(H,16,18)(H,17,22)(H,20,21). The van der Waals surface area contributed by atoms with Gasteiger partial charge in [0.05, 0.1) is 16.0 Å². The molecule has 1 aromatic heterocycles. The number of carbonyl (C=O) groups excluding carboxylic acids is 1. The maximum atomic E-state index is 11.9. The van der Waals surface area contributed by atoms with E-state index in [-0.39, 0.29) is 12.6 Å². The number of urea groups is 1. The minimum Gasteiger partial charge on any atom is -0.481 e. The van der Waals surface area contributed by atoms with Gasteiger partial charge in [-0.15, -0.1) is 0 Å². The summed E-state index contributed by atoms with van der Waals surface area (Å²) in [6.07, 6.45) is 1.97. The number of anilines is 1. The van der Waals surface area contributed by atoms with E-state index in [4.69, 9.17) is 28.3 Å². The predicted molar refractivity (Wildman–Crippen MR) is 83.5 cm³/mol. The highest BCUT2D eigenvalue weighted by atomic mass is 35.5. The molecule has 3 N–H and O–H groups in total. The maximum Gasteiger partial charge on any atom is 0.317 e. The van der Waals surface area contributed by atoms with Crippen LogP contribution in [0.25, 0.3) is 0 Å². The molecule has 7 nitrogen and oxygen atoms in total. The summed E-state index contributed by atoms with van der Waals surface area (Å²) in [5.74, 6) is -0.839. The second-order valence-corrected chi connectivity index (χ2v) is 5.76. The number of carboxylic acid groups (broad SMARTS) is 1. The van der Waals surface area contributed by atoms with Crippen LogP contribution < -0.4 is 10.6 Å². The summed E-state index contributed by atoms with van der Waals surface area (Å²) in [5, 5.41) is 15.5. The zero-order chi connectivity index (χ0) is 16.1. The number of nitrogens with one attached hydrogen (secondary N) is 2. The van der Waals surface area contributed by atoms with Gasteiger partial charge in [-0.05, 0) is 12.5 Å². The minimum atomic E-state index is -0.861. The van der Waals surface area contributed by atoms with Gasteiger partial charge in [0.25, 0.3) is 0 Å². The first kappa shape index (κ1) is 16.6. The third kappa shape index (κ3) is 4.38. The number of hydrogen-bond acceptors (Lipinski definition) is 4. The van der Waals surface area contributed by atoms with Crippen molar-refractivity contribution in [3.8, 4) is 0 Å². The van der Waals surface area contributed by atoms with E-state index in [1.165, 1.54) is 11.1 Å². The van der Waals surface area contributed by atoms with Crippen LogP contribution in [0.2, 0.25) is 10.0 Å². The van der Waals surface area contributed by atoms with Crippen molar-refractivity contribution in [2.75, 3.05) is 31.5 Å². The van der Waals surface area contributed by atoms with E-state index in [9.17, 15) is 9.59 Å². The number of amides is 2. The highest BCUT2D eigenvalue weighted by Crippen LogP contribution is 2.22. The molecule has 1 unspecified atom stereocenters. The van der Waals surface area contributed by atoms with Gasteiger partial charge in [-0.1, -0.05) is 23.2 Å². The molecule has 0 aliphatic carbocycles. The maximum absolute atomic E-state index is 11.9. The lowest BCUT2D eigenvalue weighted by atomic mass is 10.1. The van der Waals surface area contributed by atoms with E-state index < -0.39 is 11.9 Å². The first-order valence-electron chi connectivity index (χ1n) is 6.78. The lowest BCUT2D eigenvalue weighted by Crippen LogP contribution is -2.40. The quantitative estimate of drug-likeness (QED) is 0.708. The molecule has 2 amide bonds. The van der Waals surface area contributed by atoms with Gasteiger partial charge in [0.2, 0.25) is 0 Å². The van der Waals surface area contributed by atoms with Crippen molar-refractivity contribution in [3.05, 3.63) is 22.3 Å². The number of hydrogen-bond donors (Lipinski definition) is 3. The molecule has 1 aliphatic rings. The molecule has 120 valence electrons. The predicted octanol–water partition coefficient (Wildman–Crippen LogP) is 1.92. The Morgan fingerprint density at radius 3 is 2.82 bits per heavy atom. The fraction of sp³-hybridized carbons (Fsp3) is 0.462. The highest BCUT2D eigenvalue weighted by molar-refractivity contribution is 6.35. The van der Waals surface area contributed by atoms with Crippen LogP contribution in [-0.4, -0.2) is 53.2 Å². The fourth-order valence-electron chi connectivity index (χ4n) is 2.15. The van der Waals surface area contributed by atoms with Crippen molar-refractivity contribution in [2.45, 2.75) is 6.42 Å². The van der Waals surface area contributed by atoms with Crippen molar-refractivity contribution < 1.29 is 14.7 Å². The minimum absolute atomic E-state index is 0.249. The lowest BCUT2D eigenvalue weighted by molar-refractivity contribution is -0.141. The Bertz CT molecular complexity index is 570. The molecule has 1 fully saturated rings. The Hall–Kier alpha value is -1.73. The summed E-state index contributed by atoms with van der Waals surface area (Å²) in [5.41, 5.74) is 0. The number of halogens is 2. The fourth-order valence-corrected chi connectivity index (χ4v) is 2.60. The smallest absolute Gasteiger partial charge is 0.317 e. The molecule has 1 saturated heterocycles. The number of aromatic nitrogens is 1. The van der Waals surface area contributed by atoms with Crippen LogP contribution in [0.4, 0.5) is 10.6 Å². The second-order valence-electron chi connectivity index (χ2n) is 4.91. The molecule has 0 spiro atoms. The highest BCUT2D eigenvalue weighted by Gasteiger charge is 2.30. The number of likely N-dealkylation sites (tertiary alicyclic amines) is 1. The van der Waals surface area contributed by atoms with E-state index in [0.29, 0.717) is 41.9 Å². The van der Waals surface area contributed by atoms with Crippen LogP contribution in [-0.2, 0) is 4.79 Å². The first-order chi connectivity index (χ1) is 10.5. The molecule has 1 atom stereocenters. The van der Waals surface area contributed by atoms with Gasteiger partial charge in [0.15, 0.2) is 0 Å². The third-order valence-electron chi connectivity index (χ3n) is 3.33. The molecule has 1 aliphatic heterocycles. The summed E-state index contributed by atoms with van der Waals surface area (Å²) in [6, 6.07) is 1.31. The van der Waals surface area contributed by atoms with Crippen molar-refractivity contribution in [1.82, 2.24) is 15.2 Å². The number of pyridine rings is 1. The van der Waals surface area contributed by atoms with Gasteiger partial charge >= 0.3 is 12.0 Å². The van der Waals surface area contributed by atoms with E-state index in [0.717, 1.165) is 0 Å². The lowest BCUT2D eigenvalue weighted by Gasteiger charge is -2.17. The molecule has 9 heteroatoms.